The zero-order chi connectivity index (χ0) is 8.53. The summed E-state index contributed by atoms with van der Waals surface area (Å²) in [6, 6.07) is 0. The normalized spacial score (nSPS) is 13.4. The van der Waals surface area contributed by atoms with Crippen LogP contribution in [-0.4, -0.2) is 23.9 Å². The number of rotatable bonds is 7. The van der Waals surface area contributed by atoms with Crippen LogP contribution in [0.25, 0.3) is 0 Å². The first-order valence-corrected chi connectivity index (χ1v) is 2.15. The summed E-state index contributed by atoms with van der Waals surface area (Å²) in [5, 5.41) is 29.0. The third-order valence-corrected chi connectivity index (χ3v) is 0.386. The van der Waals surface area contributed by atoms with E-state index < -0.39 is 6.48 Å². The lowest BCUT2D eigenvalue weighted by Gasteiger charge is -2.05. The molecule has 9 nitrogen and oxygen atoms in total. The van der Waals surface area contributed by atoms with Gasteiger partial charge in [0.2, 0.25) is 0 Å². The molecule has 0 aromatic heterocycles. The molecule has 1 atom stereocenters. The van der Waals surface area contributed by atoms with E-state index in [9.17, 15) is 0 Å². The molecule has 0 aliphatic rings. The number of hydrogen-bond acceptors (Lipinski definition) is 9. The van der Waals surface area contributed by atoms with Crippen LogP contribution in [0, 0.1) is 0 Å². The molecular weight excluding hydrogens is 168 g/mol. The van der Waals surface area contributed by atoms with E-state index in [1.807, 2.05) is 0 Å². The van der Waals surface area contributed by atoms with Crippen molar-refractivity contribution >= 4 is 0 Å². The Bertz CT molecular complexity index is 74.0. The second kappa shape index (κ2) is 7.74. The minimum absolute atomic E-state index is 1.13. The summed E-state index contributed by atoms with van der Waals surface area (Å²) in [5.74, 6) is 0. The summed E-state index contributed by atoms with van der Waals surface area (Å²) in [4.78, 5) is 11.6. The second-order valence-corrected chi connectivity index (χ2v) is 0.945. The highest BCUT2D eigenvalue weighted by molar-refractivity contribution is 3.91. The first-order valence-electron chi connectivity index (χ1n) is 2.15. The molecular formula is C2H6O9. The summed E-state index contributed by atoms with van der Waals surface area (Å²) in [6.45, 7) is -1.82. The van der Waals surface area contributed by atoms with Gasteiger partial charge in [0.25, 0.3) is 0 Å². The fourth-order valence-electron chi connectivity index (χ4n) is 0.172. The van der Waals surface area contributed by atoms with Crippen LogP contribution in [0.1, 0.15) is 0 Å². The molecule has 0 fully saturated rings. The van der Waals surface area contributed by atoms with Crippen LogP contribution < -0.4 is 0 Å². The monoisotopic (exact) mass is 174 g/mol. The van der Waals surface area contributed by atoms with E-state index in [1.54, 1.807) is 0 Å². The molecule has 0 aliphatic carbocycles. The number of hydrogen-bond donors (Lipinski definition) is 2. The lowest BCUT2D eigenvalue weighted by Crippen LogP contribution is -2.16. The van der Waals surface area contributed by atoms with Gasteiger partial charge in [0, 0.05) is 0 Å². The Hall–Kier alpha value is -0.360. The molecule has 0 radical (unpaired) electrons. The summed E-state index contributed by atoms with van der Waals surface area (Å²) in [7, 11) is 1.13. The molecule has 0 aromatic rings. The fraction of sp³-hybridized carbons (Fsp3) is 1.00. The molecule has 11 heavy (non-hydrogen) atoms. The van der Waals surface area contributed by atoms with Crippen LogP contribution in [-0.2, 0) is 34.8 Å². The van der Waals surface area contributed by atoms with Gasteiger partial charge in [-0.15, -0.1) is 4.89 Å². The van der Waals surface area contributed by atoms with Gasteiger partial charge in [0.1, 0.15) is 0 Å². The van der Waals surface area contributed by atoms with Crippen molar-refractivity contribution in [2.24, 2.45) is 0 Å². The van der Waals surface area contributed by atoms with Gasteiger partial charge in [-0.25, -0.2) is 10.1 Å². The third-order valence-electron chi connectivity index (χ3n) is 0.386. The summed E-state index contributed by atoms with van der Waals surface area (Å²) < 4.78 is 0. The summed E-state index contributed by atoms with van der Waals surface area (Å²) in [5.41, 5.74) is 0. The Kier molecular flexibility index (Phi) is 7.49. The molecule has 0 aromatic carbocycles. The van der Waals surface area contributed by atoms with Gasteiger partial charge in [0.05, 0.1) is 7.11 Å². The maximum Gasteiger partial charge on any atom is 0.330 e. The minimum atomic E-state index is -1.82. The van der Waals surface area contributed by atoms with E-state index in [2.05, 4.69) is 34.8 Å². The average molecular weight is 174 g/mol. The molecule has 2 N–H and O–H groups in total. The molecule has 0 saturated heterocycles. The SMILES string of the molecule is COOC(O)OOOOOO. The van der Waals surface area contributed by atoms with E-state index in [0.29, 0.717) is 0 Å². The topological polar surface area (TPSA) is 105 Å². The molecule has 0 bridgehead atoms. The molecule has 9 heteroatoms. The van der Waals surface area contributed by atoms with E-state index in [1.165, 1.54) is 0 Å². The zero-order valence-electron chi connectivity index (χ0n) is 5.33. The second-order valence-electron chi connectivity index (χ2n) is 0.945. The average Bonchev–Trinajstić information content (AvgIpc) is 1.99. The quantitative estimate of drug-likeness (QED) is 0.219. The van der Waals surface area contributed by atoms with Crippen molar-refractivity contribution in [3.05, 3.63) is 0 Å². The van der Waals surface area contributed by atoms with Crippen LogP contribution in [0.2, 0.25) is 0 Å². The third kappa shape index (κ3) is 7.54. The van der Waals surface area contributed by atoms with Crippen molar-refractivity contribution in [1.29, 1.82) is 0 Å². The zero-order valence-corrected chi connectivity index (χ0v) is 5.33. The van der Waals surface area contributed by atoms with Gasteiger partial charge in [-0.1, -0.05) is 0 Å². The molecule has 0 aliphatic heterocycles. The highest BCUT2D eigenvalue weighted by Gasteiger charge is 2.05. The van der Waals surface area contributed by atoms with Crippen molar-refractivity contribution in [2.45, 2.75) is 6.48 Å². The Morgan fingerprint density at radius 3 is 2.36 bits per heavy atom. The van der Waals surface area contributed by atoms with E-state index in [0.717, 1.165) is 7.11 Å². The summed E-state index contributed by atoms with van der Waals surface area (Å²) >= 11 is 0. The van der Waals surface area contributed by atoms with Gasteiger partial charge < -0.3 is 5.11 Å². The maximum atomic E-state index is 8.42. The highest BCUT2D eigenvalue weighted by Crippen LogP contribution is 1.92. The first kappa shape index (κ1) is 10.6. The van der Waals surface area contributed by atoms with E-state index in [-0.39, 0.29) is 0 Å². The molecule has 68 valence electrons. The van der Waals surface area contributed by atoms with Crippen molar-refractivity contribution in [2.75, 3.05) is 7.11 Å². The van der Waals surface area contributed by atoms with E-state index >= 15 is 0 Å². The van der Waals surface area contributed by atoms with Gasteiger partial charge in [-0.3, -0.25) is 0 Å². The van der Waals surface area contributed by atoms with Crippen LogP contribution in [0.15, 0.2) is 0 Å². The molecule has 0 amide bonds. The van der Waals surface area contributed by atoms with Crippen molar-refractivity contribution in [3.8, 4) is 0 Å². The minimum Gasteiger partial charge on any atom is -0.342 e. The van der Waals surface area contributed by atoms with Crippen LogP contribution in [0.3, 0.4) is 0 Å². The Labute approximate surface area is 60.1 Å². The van der Waals surface area contributed by atoms with Gasteiger partial charge in [0.15, 0.2) is 0 Å². The summed E-state index contributed by atoms with van der Waals surface area (Å²) in [6.07, 6.45) is 0. The van der Waals surface area contributed by atoms with Crippen molar-refractivity contribution < 1.29 is 45.2 Å². The lowest BCUT2D eigenvalue weighted by atomic mass is 11.3. The Morgan fingerprint density at radius 1 is 1.09 bits per heavy atom. The number of aliphatic hydroxyl groups is 1. The fourth-order valence-corrected chi connectivity index (χ4v) is 0.172. The van der Waals surface area contributed by atoms with Crippen molar-refractivity contribution in [1.82, 2.24) is 0 Å². The number of aliphatic hydroxyl groups excluding tert-OH is 1. The molecule has 1 unspecified atom stereocenters. The standard InChI is InChI=1S/C2H6O9/c1-5-6-2(3)7-9-11-10-8-4/h2-4H,1H3. The van der Waals surface area contributed by atoms with Crippen LogP contribution >= 0.6 is 0 Å². The lowest BCUT2D eigenvalue weighted by molar-refractivity contribution is -0.768. The van der Waals surface area contributed by atoms with Crippen molar-refractivity contribution in [3.63, 3.8) is 0 Å². The highest BCUT2D eigenvalue weighted by atomic mass is 17.8. The molecule has 0 spiro atoms. The van der Waals surface area contributed by atoms with Gasteiger partial charge >= 0.3 is 6.48 Å². The van der Waals surface area contributed by atoms with Gasteiger partial charge in [-0.05, 0) is 20.2 Å². The Morgan fingerprint density at radius 2 is 1.82 bits per heavy atom. The smallest absolute Gasteiger partial charge is 0.330 e. The largest absolute Gasteiger partial charge is 0.342 e. The predicted molar refractivity (Wildman–Crippen MR) is 22.2 cm³/mol. The van der Waals surface area contributed by atoms with Gasteiger partial charge in [-0.2, -0.15) is 4.89 Å². The molecule has 0 saturated carbocycles. The van der Waals surface area contributed by atoms with E-state index in [4.69, 9.17) is 10.4 Å². The molecule has 0 heterocycles. The Balaban J connectivity index is 2.97. The predicted octanol–water partition coefficient (Wildman–Crippen LogP) is -0.944. The maximum absolute atomic E-state index is 8.42. The molecule has 0 rings (SSSR count). The first-order chi connectivity index (χ1) is 5.31. The van der Waals surface area contributed by atoms with Crippen LogP contribution in [0.4, 0.5) is 0 Å². The van der Waals surface area contributed by atoms with Crippen LogP contribution in [0.5, 0.6) is 0 Å².